The average molecular weight is 373 g/mol. The van der Waals surface area contributed by atoms with Gasteiger partial charge in [0, 0.05) is 28.8 Å². The highest BCUT2D eigenvalue weighted by Crippen LogP contribution is 2.21. The molecule has 5 nitrogen and oxygen atoms in total. The van der Waals surface area contributed by atoms with Gasteiger partial charge in [0.05, 0.1) is 11.2 Å². The Morgan fingerprint density at radius 2 is 1.50 bits per heavy atom. The molecule has 0 radical (unpaired) electrons. The lowest BCUT2D eigenvalue weighted by atomic mass is 9.95. The van der Waals surface area contributed by atoms with Gasteiger partial charge in [0.25, 0.3) is 11.8 Å². The number of aromatic nitrogens is 1. The predicted octanol–water partition coefficient (Wildman–Crippen LogP) is 4.55. The van der Waals surface area contributed by atoms with Crippen LogP contribution in [0, 0.1) is 0 Å². The molecule has 1 aromatic heterocycles. The SMILES string of the molecule is O=C(Nc1cccc2cccnc12)c1ccc(C(=O)NC2CCCCC2)cc1. The maximum atomic E-state index is 12.6. The molecule has 1 heterocycles. The number of carbonyl (C=O) groups is 2. The minimum absolute atomic E-state index is 0.0721. The second-order valence-corrected chi connectivity index (χ2v) is 7.22. The smallest absolute Gasteiger partial charge is 0.255 e. The van der Waals surface area contributed by atoms with Crippen LogP contribution < -0.4 is 10.6 Å². The number of carbonyl (C=O) groups excluding carboxylic acids is 2. The van der Waals surface area contributed by atoms with Crippen molar-refractivity contribution in [3.8, 4) is 0 Å². The van der Waals surface area contributed by atoms with E-state index >= 15 is 0 Å². The van der Waals surface area contributed by atoms with E-state index in [0.29, 0.717) is 16.8 Å². The largest absolute Gasteiger partial charge is 0.349 e. The van der Waals surface area contributed by atoms with E-state index in [-0.39, 0.29) is 17.9 Å². The van der Waals surface area contributed by atoms with Crippen LogP contribution in [0.4, 0.5) is 5.69 Å². The zero-order valence-corrected chi connectivity index (χ0v) is 15.7. The van der Waals surface area contributed by atoms with Crippen LogP contribution in [0.3, 0.4) is 0 Å². The minimum atomic E-state index is -0.225. The summed E-state index contributed by atoms with van der Waals surface area (Å²) in [6.07, 6.45) is 7.40. The molecular weight excluding hydrogens is 350 g/mol. The number of nitrogens with zero attached hydrogens (tertiary/aromatic N) is 1. The molecule has 0 aliphatic heterocycles. The summed E-state index contributed by atoms with van der Waals surface area (Å²) in [4.78, 5) is 29.4. The number of para-hydroxylation sites is 1. The number of benzene rings is 2. The number of anilines is 1. The Balaban J connectivity index is 1.44. The van der Waals surface area contributed by atoms with Crippen LogP contribution in [-0.2, 0) is 0 Å². The molecule has 4 rings (SSSR count). The summed E-state index contributed by atoms with van der Waals surface area (Å²) in [5.41, 5.74) is 2.50. The lowest BCUT2D eigenvalue weighted by Crippen LogP contribution is -2.36. The lowest BCUT2D eigenvalue weighted by molar-refractivity contribution is 0.0926. The van der Waals surface area contributed by atoms with E-state index in [1.807, 2.05) is 30.3 Å². The van der Waals surface area contributed by atoms with E-state index in [1.54, 1.807) is 30.5 Å². The molecule has 2 amide bonds. The number of hydrogen-bond acceptors (Lipinski definition) is 3. The summed E-state index contributed by atoms with van der Waals surface area (Å²) >= 11 is 0. The van der Waals surface area contributed by atoms with Crippen molar-refractivity contribution >= 4 is 28.4 Å². The van der Waals surface area contributed by atoms with E-state index in [0.717, 1.165) is 23.7 Å². The van der Waals surface area contributed by atoms with Gasteiger partial charge < -0.3 is 10.6 Å². The molecule has 28 heavy (non-hydrogen) atoms. The van der Waals surface area contributed by atoms with Crippen LogP contribution in [0.5, 0.6) is 0 Å². The number of hydrogen-bond donors (Lipinski definition) is 2. The molecule has 0 spiro atoms. The summed E-state index contributed by atoms with van der Waals surface area (Å²) < 4.78 is 0. The first-order valence-electron chi connectivity index (χ1n) is 9.77. The third kappa shape index (κ3) is 4.03. The maximum Gasteiger partial charge on any atom is 0.255 e. The second kappa shape index (κ2) is 8.21. The Labute approximate surface area is 164 Å². The van der Waals surface area contributed by atoms with Gasteiger partial charge in [-0.25, -0.2) is 0 Å². The number of amides is 2. The topological polar surface area (TPSA) is 71.1 Å². The van der Waals surface area contributed by atoms with Crippen molar-refractivity contribution in [2.45, 2.75) is 38.1 Å². The Bertz CT molecular complexity index is 987. The molecule has 0 saturated heterocycles. The van der Waals surface area contributed by atoms with Crippen molar-refractivity contribution in [2.75, 3.05) is 5.32 Å². The number of pyridine rings is 1. The summed E-state index contributed by atoms with van der Waals surface area (Å²) in [6.45, 7) is 0. The summed E-state index contributed by atoms with van der Waals surface area (Å²) in [5, 5.41) is 6.98. The fourth-order valence-corrected chi connectivity index (χ4v) is 3.69. The molecule has 3 aromatic rings. The van der Waals surface area contributed by atoms with Gasteiger partial charge in [-0.05, 0) is 49.2 Å². The molecule has 1 fully saturated rings. The monoisotopic (exact) mass is 373 g/mol. The second-order valence-electron chi connectivity index (χ2n) is 7.22. The quantitative estimate of drug-likeness (QED) is 0.705. The standard InChI is InChI=1S/C23H23N3O2/c27-22(25-19-8-2-1-3-9-19)17-11-13-18(14-12-17)23(28)26-20-10-4-6-16-7-5-15-24-21(16)20/h4-7,10-15,19H,1-3,8-9H2,(H,25,27)(H,26,28). The van der Waals surface area contributed by atoms with Gasteiger partial charge in [0.2, 0.25) is 0 Å². The highest BCUT2D eigenvalue weighted by Gasteiger charge is 2.17. The van der Waals surface area contributed by atoms with Crippen LogP contribution in [0.15, 0.2) is 60.8 Å². The summed E-state index contributed by atoms with van der Waals surface area (Å²) in [6, 6.07) is 16.5. The van der Waals surface area contributed by atoms with E-state index < -0.39 is 0 Å². The minimum Gasteiger partial charge on any atom is -0.349 e. The van der Waals surface area contributed by atoms with Crippen molar-refractivity contribution in [1.29, 1.82) is 0 Å². The van der Waals surface area contributed by atoms with Crippen LogP contribution in [0.1, 0.15) is 52.8 Å². The zero-order valence-electron chi connectivity index (χ0n) is 15.7. The predicted molar refractivity (Wildman–Crippen MR) is 110 cm³/mol. The number of rotatable bonds is 4. The third-order valence-corrected chi connectivity index (χ3v) is 5.23. The normalized spacial score (nSPS) is 14.6. The fraction of sp³-hybridized carbons (Fsp3) is 0.261. The number of fused-ring (bicyclic) bond motifs is 1. The molecule has 0 bridgehead atoms. The fourth-order valence-electron chi connectivity index (χ4n) is 3.69. The molecule has 2 aromatic carbocycles. The Morgan fingerprint density at radius 3 is 2.25 bits per heavy atom. The molecule has 1 aliphatic carbocycles. The van der Waals surface area contributed by atoms with Gasteiger partial charge in [-0.2, -0.15) is 0 Å². The lowest BCUT2D eigenvalue weighted by Gasteiger charge is -2.22. The molecule has 0 unspecified atom stereocenters. The van der Waals surface area contributed by atoms with Gasteiger partial charge >= 0.3 is 0 Å². The third-order valence-electron chi connectivity index (χ3n) is 5.23. The van der Waals surface area contributed by atoms with Crippen LogP contribution in [0.25, 0.3) is 10.9 Å². The van der Waals surface area contributed by atoms with E-state index in [4.69, 9.17) is 0 Å². The van der Waals surface area contributed by atoms with E-state index in [2.05, 4.69) is 15.6 Å². The van der Waals surface area contributed by atoms with Crippen LogP contribution in [0.2, 0.25) is 0 Å². The maximum absolute atomic E-state index is 12.6. The first-order valence-corrected chi connectivity index (χ1v) is 9.77. The summed E-state index contributed by atoms with van der Waals surface area (Å²) in [7, 11) is 0. The molecule has 0 atom stereocenters. The highest BCUT2D eigenvalue weighted by molar-refractivity contribution is 6.08. The molecule has 5 heteroatoms. The van der Waals surface area contributed by atoms with Crippen molar-refractivity contribution in [2.24, 2.45) is 0 Å². The average Bonchev–Trinajstić information content (AvgIpc) is 2.75. The summed E-state index contributed by atoms with van der Waals surface area (Å²) in [5.74, 6) is -0.297. The number of nitrogens with one attached hydrogen (secondary N) is 2. The Kier molecular flexibility index (Phi) is 5.33. The first kappa shape index (κ1) is 18.2. The first-order chi connectivity index (χ1) is 13.7. The molecule has 142 valence electrons. The van der Waals surface area contributed by atoms with Crippen molar-refractivity contribution in [3.63, 3.8) is 0 Å². The van der Waals surface area contributed by atoms with Crippen molar-refractivity contribution < 1.29 is 9.59 Å². The van der Waals surface area contributed by atoms with Crippen LogP contribution >= 0.6 is 0 Å². The van der Waals surface area contributed by atoms with Gasteiger partial charge in [-0.15, -0.1) is 0 Å². The van der Waals surface area contributed by atoms with Gasteiger partial charge in [0.1, 0.15) is 0 Å². The molecule has 1 aliphatic rings. The Morgan fingerprint density at radius 1 is 0.821 bits per heavy atom. The molecule has 1 saturated carbocycles. The van der Waals surface area contributed by atoms with E-state index in [9.17, 15) is 9.59 Å². The van der Waals surface area contributed by atoms with Crippen molar-refractivity contribution in [1.82, 2.24) is 10.3 Å². The van der Waals surface area contributed by atoms with E-state index in [1.165, 1.54) is 19.3 Å². The highest BCUT2D eigenvalue weighted by atomic mass is 16.2. The molecule has 2 N–H and O–H groups in total. The van der Waals surface area contributed by atoms with Crippen molar-refractivity contribution in [3.05, 3.63) is 71.9 Å². The van der Waals surface area contributed by atoms with Gasteiger partial charge in [0.15, 0.2) is 0 Å². The van der Waals surface area contributed by atoms with Crippen LogP contribution in [-0.4, -0.2) is 22.8 Å². The van der Waals surface area contributed by atoms with Gasteiger partial charge in [-0.1, -0.05) is 37.5 Å². The zero-order chi connectivity index (χ0) is 19.3. The van der Waals surface area contributed by atoms with Gasteiger partial charge in [-0.3, -0.25) is 14.6 Å². The molecular formula is C23H23N3O2. The Hall–Kier alpha value is -3.21.